The van der Waals surface area contributed by atoms with E-state index in [2.05, 4.69) is 44.7 Å². The third-order valence-electron chi connectivity index (χ3n) is 5.34. The Hall–Kier alpha value is -2.05. The summed E-state index contributed by atoms with van der Waals surface area (Å²) in [5, 5.41) is 0. The molecular weight excluding hydrogens is 372 g/mol. The maximum absolute atomic E-state index is 13.4. The van der Waals surface area contributed by atoms with E-state index in [0.717, 1.165) is 5.56 Å². The number of para-hydroxylation sites is 1. The Labute approximate surface area is 169 Å². The van der Waals surface area contributed by atoms with E-state index < -0.39 is 10.0 Å². The molecule has 0 amide bonds. The maximum Gasteiger partial charge on any atom is 0.246 e. The van der Waals surface area contributed by atoms with Gasteiger partial charge in [0.1, 0.15) is 10.6 Å². The molecule has 28 heavy (non-hydrogen) atoms. The highest BCUT2D eigenvalue weighted by Gasteiger charge is 2.32. The van der Waals surface area contributed by atoms with Crippen LogP contribution < -0.4 is 9.64 Å². The molecule has 0 N–H and O–H groups in total. The lowest BCUT2D eigenvalue weighted by atomic mass is 9.87. The predicted molar refractivity (Wildman–Crippen MR) is 114 cm³/mol. The zero-order valence-electron chi connectivity index (χ0n) is 17.4. The third-order valence-corrected chi connectivity index (χ3v) is 7.26. The molecular formula is C22H30N2O3S. The zero-order chi connectivity index (χ0) is 20.5. The van der Waals surface area contributed by atoms with Crippen molar-refractivity contribution in [1.82, 2.24) is 4.31 Å². The average Bonchev–Trinajstić information content (AvgIpc) is 2.67. The number of aryl methyl sites for hydroxylation is 1. The lowest BCUT2D eigenvalue weighted by Gasteiger charge is -2.36. The molecule has 0 atom stereocenters. The molecule has 0 bridgehead atoms. The molecule has 0 radical (unpaired) electrons. The molecule has 1 fully saturated rings. The molecule has 6 heteroatoms. The fourth-order valence-corrected chi connectivity index (χ4v) is 5.18. The van der Waals surface area contributed by atoms with Crippen molar-refractivity contribution in [2.45, 2.75) is 38.0 Å². The van der Waals surface area contributed by atoms with E-state index in [1.807, 2.05) is 18.2 Å². The number of piperazine rings is 1. The minimum absolute atomic E-state index is 0.139. The predicted octanol–water partition coefficient (Wildman–Crippen LogP) is 3.81. The van der Waals surface area contributed by atoms with E-state index in [4.69, 9.17) is 4.74 Å². The van der Waals surface area contributed by atoms with E-state index in [9.17, 15) is 8.42 Å². The second-order valence-electron chi connectivity index (χ2n) is 8.29. The molecule has 152 valence electrons. The van der Waals surface area contributed by atoms with Gasteiger partial charge in [-0.25, -0.2) is 8.42 Å². The van der Waals surface area contributed by atoms with E-state index in [0.29, 0.717) is 31.9 Å². The van der Waals surface area contributed by atoms with Crippen molar-refractivity contribution in [3.63, 3.8) is 0 Å². The summed E-state index contributed by atoms with van der Waals surface area (Å²) in [7, 11) is -2.11. The van der Waals surface area contributed by atoms with Crippen LogP contribution in [0.15, 0.2) is 47.4 Å². The summed E-state index contributed by atoms with van der Waals surface area (Å²) < 4.78 is 33.7. The largest absolute Gasteiger partial charge is 0.495 e. The summed E-state index contributed by atoms with van der Waals surface area (Å²) in [5.74, 6) is 0.398. The highest BCUT2D eigenvalue weighted by molar-refractivity contribution is 7.89. The van der Waals surface area contributed by atoms with E-state index >= 15 is 0 Å². The molecule has 0 spiro atoms. The molecule has 0 unspecified atom stereocenters. The zero-order valence-corrected chi connectivity index (χ0v) is 18.2. The number of benzene rings is 2. The summed E-state index contributed by atoms with van der Waals surface area (Å²) >= 11 is 0. The lowest BCUT2D eigenvalue weighted by Crippen LogP contribution is -2.48. The fourth-order valence-electron chi connectivity index (χ4n) is 3.57. The number of hydrogen-bond donors (Lipinski definition) is 0. The Morgan fingerprint density at radius 1 is 0.964 bits per heavy atom. The molecule has 0 saturated carbocycles. The van der Waals surface area contributed by atoms with Crippen LogP contribution in [0.2, 0.25) is 0 Å². The van der Waals surface area contributed by atoms with Gasteiger partial charge in [-0.05, 0) is 41.7 Å². The smallest absolute Gasteiger partial charge is 0.246 e. The Morgan fingerprint density at radius 2 is 1.61 bits per heavy atom. The van der Waals surface area contributed by atoms with Crippen molar-refractivity contribution in [2.75, 3.05) is 38.2 Å². The van der Waals surface area contributed by atoms with Gasteiger partial charge in [0.05, 0.1) is 7.11 Å². The minimum atomic E-state index is -3.62. The normalized spacial score (nSPS) is 16.2. The van der Waals surface area contributed by atoms with E-state index in [1.165, 1.54) is 18.4 Å². The topological polar surface area (TPSA) is 49.9 Å². The number of rotatable bonds is 4. The van der Waals surface area contributed by atoms with Gasteiger partial charge < -0.3 is 9.64 Å². The second-order valence-corrected chi connectivity index (χ2v) is 10.2. The van der Waals surface area contributed by atoms with Crippen LogP contribution >= 0.6 is 0 Å². The molecule has 1 heterocycles. The average molecular weight is 403 g/mol. The van der Waals surface area contributed by atoms with Crippen molar-refractivity contribution in [1.29, 1.82) is 0 Å². The van der Waals surface area contributed by atoms with Crippen LogP contribution in [0.5, 0.6) is 5.75 Å². The highest BCUT2D eigenvalue weighted by atomic mass is 32.2. The Morgan fingerprint density at radius 3 is 2.18 bits per heavy atom. The van der Waals surface area contributed by atoms with Gasteiger partial charge in [-0.2, -0.15) is 4.31 Å². The quantitative estimate of drug-likeness (QED) is 0.780. The number of nitrogens with zero attached hydrogens (tertiary/aromatic N) is 2. The lowest BCUT2D eigenvalue weighted by molar-refractivity contribution is 0.373. The van der Waals surface area contributed by atoms with Gasteiger partial charge in [0.15, 0.2) is 0 Å². The number of methoxy groups -OCH3 is 1. The summed E-state index contributed by atoms with van der Waals surface area (Å²) in [6.45, 7) is 10.6. The van der Waals surface area contributed by atoms with Crippen LogP contribution in [-0.2, 0) is 15.4 Å². The molecule has 0 aliphatic carbocycles. The molecule has 1 aliphatic rings. The molecule has 2 aromatic rings. The number of sulfonamides is 1. The van der Waals surface area contributed by atoms with Crippen molar-refractivity contribution in [3.05, 3.63) is 53.6 Å². The van der Waals surface area contributed by atoms with E-state index in [-0.39, 0.29) is 10.3 Å². The minimum Gasteiger partial charge on any atom is -0.495 e. The van der Waals surface area contributed by atoms with Gasteiger partial charge in [-0.15, -0.1) is 0 Å². The Balaban J connectivity index is 1.86. The number of anilines is 1. The van der Waals surface area contributed by atoms with Gasteiger partial charge in [-0.3, -0.25) is 0 Å². The van der Waals surface area contributed by atoms with Crippen molar-refractivity contribution >= 4 is 15.7 Å². The molecule has 1 saturated heterocycles. The van der Waals surface area contributed by atoms with Gasteiger partial charge in [0, 0.05) is 31.9 Å². The van der Waals surface area contributed by atoms with Crippen molar-refractivity contribution in [3.8, 4) is 5.75 Å². The monoisotopic (exact) mass is 402 g/mol. The van der Waals surface area contributed by atoms with Gasteiger partial charge in [-0.1, -0.05) is 45.0 Å². The van der Waals surface area contributed by atoms with Crippen LogP contribution in [-0.4, -0.2) is 46.0 Å². The highest BCUT2D eigenvalue weighted by Crippen LogP contribution is 2.33. The Bertz CT molecular complexity index is 940. The maximum atomic E-state index is 13.4. The third kappa shape index (κ3) is 4.03. The summed E-state index contributed by atoms with van der Waals surface area (Å²) in [6.07, 6.45) is 0. The van der Waals surface area contributed by atoms with Gasteiger partial charge in [0.2, 0.25) is 10.0 Å². The first-order chi connectivity index (χ1) is 13.1. The fraction of sp³-hybridized carbons (Fsp3) is 0.455. The van der Waals surface area contributed by atoms with Crippen LogP contribution in [0.25, 0.3) is 0 Å². The molecule has 0 aromatic heterocycles. The first-order valence-corrected chi connectivity index (χ1v) is 11.1. The molecule has 3 rings (SSSR count). The summed E-state index contributed by atoms with van der Waals surface area (Å²) in [4.78, 5) is 2.51. The molecule has 5 nitrogen and oxygen atoms in total. The van der Waals surface area contributed by atoms with Crippen LogP contribution in [0.4, 0.5) is 5.69 Å². The van der Waals surface area contributed by atoms with E-state index in [1.54, 1.807) is 16.4 Å². The van der Waals surface area contributed by atoms with Crippen molar-refractivity contribution < 1.29 is 13.2 Å². The van der Waals surface area contributed by atoms with Crippen LogP contribution in [0, 0.1) is 6.92 Å². The van der Waals surface area contributed by atoms with Gasteiger partial charge >= 0.3 is 0 Å². The number of hydrogen-bond acceptors (Lipinski definition) is 4. The SMILES string of the molecule is COc1ccc(C(C)(C)C)cc1S(=O)(=O)N1CCN(c2ccccc2C)CC1. The molecule has 2 aromatic carbocycles. The first kappa shape index (κ1) is 20.7. The van der Waals surface area contributed by atoms with Crippen molar-refractivity contribution in [2.24, 2.45) is 0 Å². The second kappa shape index (κ2) is 7.76. The summed E-state index contributed by atoms with van der Waals surface area (Å²) in [6, 6.07) is 13.7. The Kier molecular flexibility index (Phi) is 5.73. The van der Waals surface area contributed by atoms with Crippen LogP contribution in [0.1, 0.15) is 31.9 Å². The van der Waals surface area contributed by atoms with Gasteiger partial charge in [0.25, 0.3) is 0 Å². The summed E-state index contributed by atoms with van der Waals surface area (Å²) in [5.41, 5.74) is 3.22. The van der Waals surface area contributed by atoms with Crippen LogP contribution in [0.3, 0.4) is 0 Å². The first-order valence-electron chi connectivity index (χ1n) is 9.64. The number of ether oxygens (including phenoxy) is 1. The standard InChI is InChI=1S/C22H30N2O3S/c1-17-8-6-7-9-19(17)23-12-14-24(15-13-23)28(25,26)21-16-18(22(2,3)4)10-11-20(21)27-5/h6-11,16H,12-15H2,1-5H3. The molecule has 1 aliphatic heterocycles.